The molecule has 0 fully saturated rings. The van der Waals surface area contributed by atoms with Gasteiger partial charge >= 0.3 is 0 Å². The van der Waals surface area contributed by atoms with Gasteiger partial charge in [0, 0.05) is 6.20 Å². The average molecular weight is 230 g/mol. The molecule has 0 aliphatic heterocycles. The fourth-order valence-corrected chi connectivity index (χ4v) is 2.15. The molecule has 0 unspecified atom stereocenters. The minimum atomic E-state index is -0.404. The molecule has 2 rings (SSSR count). The molecule has 0 atom stereocenters. The van der Waals surface area contributed by atoms with Crippen molar-refractivity contribution >= 4 is 11.5 Å². The quantitative estimate of drug-likeness (QED) is 0.849. The molecule has 0 saturated carbocycles. The normalized spacial score (nSPS) is 18.6. The van der Waals surface area contributed by atoms with Gasteiger partial charge in [-0.2, -0.15) is 0 Å². The molecule has 17 heavy (non-hydrogen) atoms. The largest absolute Gasteiger partial charge is 0.366 e. The van der Waals surface area contributed by atoms with Crippen LogP contribution < -0.4 is 5.73 Å². The number of rotatable bonds is 2. The van der Waals surface area contributed by atoms with E-state index >= 15 is 0 Å². The zero-order valence-electron chi connectivity index (χ0n) is 10.4. The lowest BCUT2D eigenvalue weighted by Gasteiger charge is -2.28. The fraction of sp³-hybridized carbons (Fsp3) is 0.429. The van der Waals surface area contributed by atoms with Gasteiger partial charge in [0.1, 0.15) is 0 Å². The van der Waals surface area contributed by atoms with Crippen molar-refractivity contribution in [3.05, 3.63) is 35.7 Å². The predicted octanol–water partition coefficient (Wildman–Crippen LogP) is 2.77. The van der Waals surface area contributed by atoms with Gasteiger partial charge in [0.15, 0.2) is 0 Å². The Morgan fingerprint density at radius 1 is 1.47 bits per heavy atom. The number of hydrogen-bond acceptors (Lipinski definition) is 2. The van der Waals surface area contributed by atoms with E-state index in [-0.39, 0.29) is 0 Å². The highest BCUT2D eigenvalue weighted by molar-refractivity contribution is 5.97. The third-order valence-electron chi connectivity index (χ3n) is 3.35. The number of carbonyl (C=O) groups excluding carboxylic acids is 1. The molecule has 1 amide bonds. The minimum Gasteiger partial charge on any atom is -0.366 e. The van der Waals surface area contributed by atoms with Gasteiger partial charge in [-0.3, -0.25) is 9.78 Å². The van der Waals surface area contributed by atoms with Crippen LogP contribution >= 0.6 is 0 Å². The van der Waals surface area contributed by atoms with Gasteiger partial charge in [0.05, 0.1) is 11.3 Å². The first-order valence-corrected chi connectivity index (χ1v) is 5.94. The first kappa shape index (κ1) is 11.8. The number of amides is 1. The van der Waals surface area contributed by atoms with Gasteiger partial charge in [-0.15, -0.1) is 0 Å². The van der Waals surface area contributed by atoms with E-state index in [0.717, 1.165) is 30.5 Å². The summed E-state index contributed by atoms with van der Waals surface area (Å²) >= 11 is 0. The van der Waals surface area contributed by atoms with Gasteiger partial charge < -0.3 is 5.73 Å². The molecule has 90 valence electrons. The van der Waals surface area contributed by atoms with E-state index in [1.54, 1.807) is 18.3 Å². The molecule has 2 N–H and O–H groups in total. The van der Waals surface area contributed by atoms with E-state index in [1.165, 1.54) is 0 Å². The number of allylic oxidation sites excluding steroid dienone is 2. The topological polar surface area (TPSA) is 56.0 Å². The summed E-state index contributed by atoms with van der Waals surface area (Å²) in [4.78, 5) is 15.6. The molecule has 3 nitrogen and oxygen atoms in total. The first-order valence-electron chi connectivity index (χ1n) is 5.94. The van der Waals surface area contributed by atoms with Gasteiger partial charge in [-0.05, 0) is 42.4 Å². The van der Waals surface area contributed by atoms with Gasteiger partial charge in [0.25, 0.3) is 5.91 Å². The van der Waals surface area contributed by atoms with E-state index < -0.39 is 5.91 Å². The smallest absolute Gasteiger partial charge is 0.250 e. The Hall–Kier alpha value is -1.64. The van der Waals surface area contributed by atoms with Crippen molar-refractivity contribution < 1.29 is 4.79 Å². The van der Waals surface area contributed by atoms with Gasteiger partial charge in [-0.1, -0.05) is 19.9 Å². The number of primary amides is 1. The summed E-state index contributed by atoms with van der Waals surface area (Å²) < 4.78 is 0. The van der Waals surface area contributed by atoms with Crippen LogP contribution in [-0.2, 0) is 0 Å². The van der Waals surface area contributed by atoms with E-state index in [0.29, 0.717) is 11.0 Å². The molecule has 1 aliphatic rings. The number of nitrogens with two attached hydrogens (primary N) is 1. The van der Waals surface area contributed by atoms with Crippen molar-refractivity contribution in [2.24, 2.45) is 11.1 Å². The highest BCUT2D eigenvalue weighted by atomic mass is 16.1. The maximum Gasteiger partial charge on any atom is 0.250 e. The van der Waals surface area contributed by atoms with Crippen LogP contribution in [0.5, 0.6) is 0 Å². The molecule has 1 aromatic heterocycles. The maximum atomic E-state index is 11.3. The molecule has 0 radical (unpaired) electrons. The molecule has 0 bridgehead atoms. The average Bonchev–Trinajstić information content (AvgIpc) is 2.29. The zero-order chi connectivity index (χ0) is 12.5. The molecule has 1 aliphatic carbocycles. The Kier molecular flexibility index (Phi) is 3.01. The Morgan fingerprint density at radius 3 is 2.82 bits per heavy atom. The van der Waals surface area contributed by atoms with E-state index in [9.17, 15) is 4.79 Å². The first-order chi connectivity index (χ1) is 7.99. The van der Waals surface area contributed by atoms with Crippen LogP contribution in [0, 0.1) is 5.41 Å². The SMILES string of the molecule is CC1(C)CC=C(c2ncccc2C(N)=O)CC1. The third kappa shape index (κ3) is 2.54. The summed E-state index contributed by atoms with van der Waals surface area (Å²) in [6.45, 7) is 4.52. The number of aromatic nitrogens is 1. The van der Waals surface area contributed by atoms with E-state index in [1.807, 2.05) is 0 Å². The van der Waals surface area contributed by atoms with Crippen LogP contribution in [0.1, 0.15) is 49.2 Å². The van der Waals surface area contributed by atoms with Crippen LogP contribution in [0.3, 0.4) is 0 Å². The summed E-state index contributed by atoms with van der Waals surface area (Å²) in [6, 6.07) is 3.49. The van der Waals surface area contributed by atoms with Crippen molar-refractivity contribution in [1.29, 1.82) is 0 Å². The summed E-state index contributed by atoms with van der Waals surface area (Å²) in [7, 11) is 0. The molecule has 0 spiro atoms. The van der Waals surface area contributed by atoms with Crippen molar-refractivity contribution in [1.82, 2.24) is 4.98 Å². The van der Waals surface area contributed by atoms with Crippen molar-refractivity contribution in [2.75, 3.05) is 0 Å². The second kappa shape index (κ2) is 4.32. The lowest BCUT2D eigenvalue weighted by atomic mass is 9.77. The van der Waals surface area contributed by atoms with E-state index in [4.69, 9.17) is 5.73 Å². The number of pyridine rings is 1. The lowest BCUT2D eigenvalue weighted by Crippen LogP contribution is -2.18. The van der Waals surface area contributed by atoms with Crippen molar-refractivity contribution in [3.63, 3.8) is 0 Å². The lowest BCUT2D eigenvalue weighted by molar-refractivity contribution is 0.0999. The highest BCUT2D eigenvalue weighted by Gasteiger charge is 2.24. The molecule has 3 heteroatoms. The Bertz CT molecular complexity index is 475. The number of carbonyl (C=O) groups is 1. The summed E-state index contributed by atoms with van der Waals surface area (Å²) in [5, 5.41) is 0. The molecule has 1 heterocycles. The van der Waals surface area contributed by atoms with Gasteiger partial charge in [0.2, 0.25) is 0 Å². The summed E-state index contributed by atoms with van der Waals surface area (Å²) in [5.74, 6) is -0.404. The highest BCUT2D eigenvalue weighted by Crippen LogP contribution is 2.37. The standard InChI is InChI=1S/C14H18N2O/c1-14(2)7-5-10(6-8-14)12-11(13(15)17)4-3-9-16-12/h3-5,9H,6-8H2,1-2H3,(H2,15,17). The Morgan fingerprint density at radius 2 is 2.24 bits per heavy atom. The monoisotopic (exact) mass is 230 g/mol. The maximum absolute atomic E-state index is 11.3. The van der Waals surface area contributed by atoms with Crippen LogP contribution in [0.4, 0.5) is 0 Å². The second-order valence-electron chi connectivity index (χ2n) is 5.36. The summed E-state index contributed by atoms with van der Waals surface area (Å²) in [5.41, 5.74) is 8.16. The molecule has 0 aromatic carbocycles. The predicted molar refractivity (Wildman–Crippen MR) is 68.4 cm³/mol. The Labute approximate surface area is 102 Å². The van der Waals surface area contributed by atoms with Crippen molar-refractivity contribution in [2.45, 2.75) is 33.1 Å². The number of nitrogens with zero attached hydrogens (tertiary/aromatic N) is 1. The van der Waals surface area contributed by atoms with Crippen LogP contribution in [0.15, 0.2) is 24.4 Å². The van der Waals surface area contributed by atoms with Crippen LogP contribution in [-0.4, -0.2) is 10.9 Å². The molecular formula is C14H18N2O. The van der Waals surface area contributed by atoms with Crippen LogP contribution in [0.25, 0.3) is 5.57 Å². The van der Waals surface area contributed by atoms with Crippen molar-refractivity contribution in [3.8, 4) is 0 Å². The molecule has 1 aromatic rings. The number of hydrogen-bond donors (Lipinski definition) is 1. The Balaban J connectivity index is 2.36. The summed E-state index contributed by atoms with van der Waals surface area (Å²) in [6.07, 6.45) is 7.01. The minimum absolute atomic E-state index is 0.352. The van der Waals surface area contributed by atoms with Gasteiger partial charge in [-0.25, -0.2) is 0 Å². The second-order valence-corrected chi connectivity index (χ2v) is 5.36. The van der Waals surface area contributed by atoms with Crippen LogP contribution in [0.2, 0.25) is 0 Å². The third-order valence-corrected chi connectivity index (χ3v) is 3.35. The molecular weight excluding hydrogens is 212 g/mol. The fourth-order valence-electron chi connectivity index (χ4n) is 2.15. The van der Waals surface area contributed by atoms with E-state index in [2.05, 4.69) is 24.9 Å². The molecule has 0 saturated heterocycles. The zero-order valence-corrected chi connectivity index (χ0v) is 10.4.